The van der Waals surface area contributed by atoms with E-state index in [-0.39, 0.29) is 12.2 Å². The molecule has 1 rings (SSSR count). The van der Waals surface area contributed by atoms with Crippen LogP contribution in [0.3, 0.4) is 0 Å². The SMILES string of the molecule is CC(N)(CO)CN1CCOC(C)(C)C1. The summed E-state index contributed by atoms with van der Waals surface area (Å²) in [6.45, 7) is 9.28. The van der Waals surface area contributed by atoms with Gasteiger partial charge in [-0.1, -0.05) is 0 Å². The molecular formula is C10H22N2O2. The monoisotopic (exact) mass is 202 g/mol. The third kappa shape index (κ3) is 3.53. The highest BCUT2D eigenvalue weighted by Crippen LogP contribution is 2.17. The topological polar surface area (TPSA) is 58.7 Å². The standard InChI is InChI=1S/C10H22N2O2/c1-9(2)6-12(4-5-14-9)7-10(3,11)8-13/h13H,4-8,11H2,1-3H3. The van der Waals surface area contributed by atoms with Gasteiger partial charge in [-0.25, -0.2) is 0 Å². The van der Waals surface area contributed by atoms with Crippen molar-refractivity contribution in [2.75, 3.05) is 32.8 Å². The highest BCUT2D eigenvalue weighted by atomic mass is 16.5. The molecule has 3 N–H and O–H groups in total. The summed E-state index contributed by atoms with van der Waals surface area (Å²) < 4.78 is 5.60. The molecule has 1 unspecified atom stereocenters. The second kappa shape index (κ2) is 4.14. The molecule has 0 amide bonds. The predicted molar refractivity (Wildman–Crippen MR) is 56.1 cm³/mol. The van der Waals surface area contributed by atoms with Gasteiger partial charge in [-0.3, -0.25) is 4.90 Å². The zero-order valence-corrected chi connectivity index (χ0v) is 9.42. The fraction of sp³-hybridized carbons (Fsp3) is 1.00. The zero-order chi connectivity index (χ0) is 10.8. The van der Waals surface area contributed by atoms with E-state index in [0.29, 0.717) is 0 Å². The normalized spacial score (nSPS) is 27.2. The van der Waals surface area contributed by atoms with Crippen LogP contribution in [0.5, 0.6) is 0 Å². The summed E-state index contributed by atoms with van der Waals surface area (Å²) in [7, 11) is 0. The van der Waals surface area contributed by atoms with Gasteiger partial charge in [0.15, 0.2) is 0 Å². The maximum atomic E-state index is 9.07. The zero-order valence-electron chi connectivity index (χ0n) is 9.42. The molecule has 14 heavy (non-hydrogen) atoms. The van der Waals surface area contributed by atoms with E-state index in [2.05, 4.69) is 18.7 Å². The minimum Gasteiger partial charge on any atom is -0.394 e. The molecule has 4 heteroatoms. The van der Waals surface area contributed by atoms with Crippen molar-refractivity contribution >= 4 is 0 Å². The fourth-order valence-electron chi connectivity index (χ4n) is 1.81. The van der Waals surface area contributed by atoms with Crippen LogP contribution < -0.4 is 5.73 Å². The van der Waals surface area contributed by atoms with Gasteiger partial charge < -0.3 is 15.6 Å². The minimum absolute atomic E-state index is 0.0186. The molecule has 4 nitrogen and oxygen atoms in total. The van der Waals surface area contributed by atoms with E-state index in [1.807, 2.05) is 6.92 Å². The van der Waals surface area contributed by atoms with Crippen LogP contribution in [0, 0.1) is 0 Å². The summed E-state index contributed by atoms with van der Waals surface area (Å²) >= 11 is 0. The van der Waals surface area contributed by atoms with Crippen LogP contribution in [0.1, 0.15) is 20.8 Å². The number of nitrogens with zero attached hydrogens (tertiary/aromatic N) is 1. The van der Waals surface area contributed by atoms with Crippen molar-refractivity contribution in [3.63, 3.8) is 0 Å². The van der Waals surface area contributed by atoms with Gasteiger partial charge in [-0.05, 0) is 20.8 Å². The third-order valence-electron chi connectivity index (χ3n) is 2.45. The average Bonchev–Trinajstić information content (AvgIpc) is 2.01. The van der Waals surface area contributed by atoms with Crippen LogP contribution in [0.2, 0.25) is 0 Å². The summed E-state index contributed by atoms with van der Waals surface area (Å²) in [6.07, 6.45) is 0. The minimum atomic E-state index is -0.507. The molecule has 0 aliphatic carbocycles. The summed E-state index contributed by atoms with van der Waals surface area (Å²) in [5, 5.41) is 9.07. The lowest BCUT2D eigenvalue weighted by atomic mass is 10.0. The van der Waals surface area contributed by atoms with E-state index in [1.165, 1.54) is 0 Å². The molecule has 0 aromatic rings. The molecule has 0 aromatic carbocycles. The quantitative estimate of drug-likeness (QED) is 0.666. The molecule has 1 atom stereocenters. The Hall–Kier alpha value is -0.160. The summed E-state index contributed by atoms with van der Waals surface area (Å²) in [5.74, 6) is 0. The Kier molecular flexibility index (Phi) is 3.53. The maximum Gasteiger partial charge on any atom is 0.0753 e. The lowest BCUT2D eigenvalue weighted by Crippen LogP contribution is -2.56. The van der Waals surface area contributed by atoms with Gasteiger partial charge in [0.25, 0.3) is 0 Å². The van der Waals surface area contributed by atoms with Crippen LogP contribution in [-0.2, 0) is 4.74 Å². The van der Waals surface area contributed by atoms with Crippen LogP contribution in [0.4, 0.5) is 0 Å². The van der Waals surface area contributed by atoms with E-state index < -0.39 is 5.54 Å². The Morgan fingerprint density at radius 1 is 1.57 bits per heavy atom. The van der Waals surface area contributed by atoms with E-state index in [1.54, 1.807) is 0 Å². The number of rotatable bonds is 3. The first kappa shape index (κ1) is 11.9. The van der Waals surface area contributed by atoms with Gasteiger partial charge in [0, 0.05) is 25.2 Å². The first-order valence-corrected chi connectivity index (χ1v) is 5.11. The third-order valence-corrected chi connectivity index (χ3v) is 2.45. The number of nitrogens with two attached hydrogens (primary N) is 1. The van der Waals surface area contributed by atoms with Crippen molar-refractivity contribution in [3.05, 3.63) is 0 Å². The number of morpholine rings is 1. The summed E-state index contributed by atoms with van der Waals surface area (Å²) in [5.41, 5.74) is 5.30. The highest BCUT2D eigenvalue weighted by Gasteiger charge is 2.30. The molecular weight excluding hydrogens is 180 g/mol. The van der Waals surface area contributed by atoms with E-state index in [4.69, 9.17) is 15.6 Å². The van der Waals surface area contributed by atoms with Crippen molar-refractivity contribution in [2.24, 2.45) is 5.73 Å². The van der Waals surface area contributed by atoms with Gasteiger partial charge >= 0.3 is 0 Å². The molecule has 0 aromatic heterocycles. The number of hydrogen-bond acceptors (Lipinski definition) is 4. The molecule has 0 spiro atoms. The fourth-order valence-corrected chi connectivity index (χ4v) is 1.81. The molecule has 0 radical (unpaired) electrons. The summed E-state index contributed by atoms with van der Waals surface area (Å²) in [4.78, 5) is 2.25. The van der Waals surface area contributed by atoms with Gasteiger partial charge in [-0.2, -0.15) is 0 Å². The number of ether oxygens (including phenoxy) is 1. The van der Waals surface area contributed by atoms with Gasteiger partial charge in [0.1, 0.15) is 0 Å². The molecule has 0 bridgehead atoms. The Morgan fingerprint density at radius 2 is 2.21 bits per heavy atom. The molecule has 1 aliphatic heterocycles. The maximum absolute atomic E-state index is 9.07. The Bertz CT molecular complexity index is 193. The molecule has 1 heterocycles. The first-order chi connectivity index (χ1) is 6.35. The summed E-state index contributed by atoms with van der Waals surface area (Å²) in [6, 6.07) is 0. The van der Waals surface area contributed by atoms with Gasteiger partial charge in [0.2, 0.25) is 0 Å². The molecule has 84 valence electrons. The smallest absolute Gasteiger partial charge is 0.0753 e. The highest BCUT2D eigenvalue weighted by molar-refractivity contribution is 4.86. The molecule has 1 fully saturated rings. The Morgan fingerprint density at radius 3 is 2.71 bits per heavy atom. The number of aliphatic hydroxyl groups excluding tert-OH is 1. The lowest BCUT2D eigenvalue weighted by molar-refractivity contribution is -0.0909. The van der Waals surface area contributed by atoms with Crippen molar-refractivity contribution in [1.82, 2.24) is 4.90 Å². The van der Waals surface area contributed by atoms with Crippen LogP contribution in [0.25, 0.3) is 0 Å². The van der Waals surface area contributed by atoms with Gasteiger partial charge in [0.05, 0.1) is 18.8 Å². The van der Waals surface area contributed by atoms with Crippen LogP contribution in [0.15, 0.2) is 0 Å². The first-order valence-electron chi connectivity index (χ1n) is 5.11. The second-order valence-corrected chi connectivity index (χ2v) is 5.13. The van der Waals surface area contributed by atoms with E-state index >= 15 is 0 Å². The molecule has 1 saturated heterocycles. The number of aliphatic hydroxyl groups is 1. The lowest BCUT2D eigenvalue weighted by Gasteiger charge is -2.41. The Labute approximate surface area is 86.0 Å². The molecule has 1 aliphatic rings. The van der Waals surface area contributed by atoms with Crippen molar-refractivity contribution in [1.29, 1.82) is 0 Å². The van der Waals surface area contributed by atoms with E-state index in [9.17, 15) is 0 Å². The average molecular weight is 202 g/mol. The van der Waals surface area contributed by atoms with Gasteiger partial charge in [-0.15, -0.1) is 0 Å². The predicted octanol–water partition coefficient (Wildman–Crippen LogP) is -0.193. The van der Waals surface area contributed by atoms with E-state index in [0.717, 1.165) is 26.2 Å². The van der Waals surface area contributed by atoms with Crippen LogP contribution in [-0.4, -0.2) is 54.0 Å². The molecule has 0 saturated carbocycles. The van der Waals surface area contributed by atoms with Crippen molar-refractivity contribution in [3.8, 4) is 0 Å². The Balaban J connectivity index is 2.46. The van der Waals surface area contributed by atoms with Crippen LogP contribution >= 0.6 is 0 Å². The number of hydrogen-bond donors (Lipinski definition) is 2. The van der Waals surface area contributed by atoms with Crippen molar-refractivity contribution in [2.45, 2.75) is 31.9 Å². The van der Waals surface area contributed by atoms with Crippen molar-refractivity contribution < 1.29 is 9.84 Å². The largest absolute Gasteiger partial charge is 0.394 e. The second-order valence-electron chi connectivity index (χ2n) is 5.13.